The molecule has 148 valence electrons. The van der Waals surface area contributed by atoms with Gasteiger partial charge in [-0.15, -0.1) is 0 Å². The Labute approximate surface area is 167 Å². The quantitative estimate of drug-likeness (QED) is 0.496. The molecule has 0 aliphatic carbocycles. The molecule has 0 spiro atoms. The molecule has 2 N–H and O–H groups in total. The highest BCUT2D eigenvalue weighted by Crippen LogP contribution is 2.18. The molecule has 2 aromatic carbocycles. The van der Waals surface area contributed by atoms with Crippen molar-refractivity contribution in [2.45, 2.75) is 13.8 Å². The fourth-order valence-corrected chi connectivity index (χ4v) is 2.91. The molecule has 0 aliphatic heterocycles. The number of hydrogen-bond donors (Lipinski definition) is 2. The summed E-state index contributed by atoms with van der Waals surface area (Å²) in [6.45, 7) is 2.96. The number of hydrogen-bond acceptors (Lipinski definition) is 5. The third kappa shape index (κ3) is 4.35. The van der Waals surface area contributed by atoms with Gasteiger partial charge < -0.3 is 9.84 Å². The number of nitrogens with zero attached hydrogens (tertiary/aromatic N) is 1. The Morgan fingerprint density at radius 2 is 1.62 bits per heavy atom. The van der Waals surface area contributed by atoms with Crippen LogP contribution in [0.3, 0.4) is 0 Å². The average Bonchev–Trinajstić information content (AvgIpc) is 3.01. The summed E-state index contributed by atoms with van der Waals surface area (Å²) in [5.74, 6) is -1.73. The number of para-hydroxylation sites is 1. The predicted molar refractivity (Wildman–Crippen MR) is 107 cm³/mol. The Kier molecular flexibility index (Phi) is 5.78. The van der Waals surface area contributed by atoms with Crippen LogP contribution in [0.15, 0.2) is 60.7 Å². The van der Waals surface area contributed by atoms with Gasteiger partial charge in [0.25, 0.3) is 5.91 Å². The number of benzene rings is 2. The minimum Gasteiger partial charge on any atom is -0.507 e. The highest BCUT2D eigenvalue weighted by molar-refractivity contribution is 6.02. The number of amides is 1. The van der Waals surface area contributed by atoms with Crippen LogP contribution in [0, 0.1) is 13.8 Å². The van der Waals surface area contributed by atoms with E-state index in [-0.39, 0.29) is 17.2 Å². The van der Waals surface area contributed by atoms with E-state index in [1.165, 1.54) is 16.8 Å². The molecule has 0 radical (unpaired) electrons. The van der Waals surface area contributed by atoms with E-state index < -0.39 is 18.4 Å². The highest BCUT2D eigenvalue weighted by atomic mass is 16.5. The molecule has 3 aromatic rings. The lowest BCUT2D eigenvalue weighted by molar-refractivity contribution is 0.0471. The maximum atomic E-state index is 12.5. The average molecular weight is 392 g/mol. The number of ketones is 1. The van der Waals surface area contributed by atoms with Gasteiger partial charge in [0.2, 0.25) is 5.78 Å². The number of aromatic hydroxyl groups is 1. The molecule has 0 unspecified atom stereocenters. The van der Waals surface area contributed by atoms with Gasteiger partial charge in [-0.1, -0.05) is 30.3 Å². The number of carbonyl (C=O) groups excluding carboxylic acids is 3. The minimum atomic E-state index is -0.789. The number of phenols is 1. The summed E-state index contributed by atoms with van der Waals surface area (Å²) in [7, 11) is 0. The van der Waals surface area contributed by atoms with E-state index in [0.29, 0.717) is 22.5 Å². The van der Waals surface area contributed by atoms with Crippen LogP contribution < -0.4 is 5.43 Å². The number of aryl methyl sites for hydroxylation is 1. The largest absolute Gasteiger partial charge is 0.507 e. The summed E-state index contributed by atoms with van der Waals surface area (Å²) < 4.78 is 6.56. The van der Waals surface area contributed by atoms with Crippen molar-refractivity contribution in [1.82, 2.24) is 4.68 Å². The zero-order chi connectivity index (χ0) is 21.0. The fraction of sp³-hybridized carbons (Fsp3) is 0.136. The van der Waals surface area contributed by atoms with E-state index in [0.717, 1.165) is 0 Å². The van der Waals surface area contributed by atoms with Crippen molar-refractivity contribution in [3.63, 3.8) is 0 Å². The summed E-state index contributed by atoms with van der Waals surface area (Å²) in [6, 6.07) is 16.3. The van der Waals surface area contributed by atoms with E-state index in [1.54, 1.807) is 56.3 Å². The SMILES string of the molecule is Cc1cc(C(=O)COC(=O)c2ccccc2O)c(C)n1NC(=O)c1ccccc1. The number of rotatable bonds is 6. The van der Waals surface area contributed by atoms with Crippen LogP contribution in [-0.2, 0) is 4.74 Å². The van der Waals surface area contributed by atoms with Crippen LogP contribution in [-0.4, -0.2) is 34.0 Å². The molecular formula is C22H20N2O5. The first-order chi connectivity index (χ1) is 13.9. The van der Waals surface area contributed by atoms with Crippen LogP contribution in [0.1, 0.15) is 42.5 Å². The first kappa shape index (κ1) is 19.9. The molecule has 0 atom stereocenters. The van der Waals surface area contributed by atoms with Gasteiger partial charge in [-0.3, -0.25) is 19.7 Å². The van der Waals surface area contributed by atoms with Gasteiger partial charge in [-0.05, 0) is 44.2 Å². The second kappa shape index (κ2) is 8.43. The van der Waals surface area contributed by atoms with Crippen LogP contribution in [0.5, 0.6) is 5.75 Å². The van der Waals surface area contributed by atoms with Gasteiger partial charge in [0.05, 0.1) is 0 Å². The summed E-state index contributed by atoms with van der Waals surface area (Å²) in [5, 5.41) is 9.70. The summed E-state index contributed by atoms with van der Waals surface area (Å²) in [4.78, 5) is 37.0. The topological polar surface area (TPSA) is 97.6 Å². The smallest absolute Gasteiger partial charge is 0.342 e. The molecule has 0 bridgehead atoms. The van der Waals surface area contributed by atoms with E-state index in [2.05, 4.69) is 5.43 Å². The van der Waals surface area contributed by atoms with Crippen molar-refractivity contribution in [2.24, 2.45) is 0 Å². The third-order valence-corrected chi connectivity index (χ3v) is 4.44. The summed E-state index contributed by atoms with van der Waals surface area (Å²) >= 11 is 0. The first-order valence-corrected chi connectivity index (χ1v) is 8.92. The van der Waals surface area contributed by atoms with Gasteiger partial charge in [0.1, 0.15) is 11.3 Å². The van der Waals surface area contributed by atoms with Crippen LogP contribution >= 0.6 is 0 Å². The molecule has 3 rings (SSSR count). The van der Waals surface area contributed by atoms with Crippen LogP contribution in [0.4, 0.5) is 0 Å². The van der Waals surface area contributed by atoms with Crippen molar-refractivity contribution in [3.05, 3.63) is 88.7 Å². The maximum Gasteiger partial charge on any atom is 0.342 e. The van der Waals surface area contributed by atoms with E-state index in [1.807, 2.05) is 6.07 Å². The van der Waals surface area contributed by atoms with Crippen molar-refractivity contribution >= 4 is 17.7 Å². The Hall–Kier alpha value is -3.87. The molecular weight excluding hydrogens is 372 g/mol. The minimum absolute atomic E-state index is 0.0131. The number of carbonyl (C=O) groups is 3. The molecule has 0 aliphatic rings. The Morgan fingerprint density at radius 3 is 2.31 bits per heavy atom. The van der Waals surface area contributed by atoms with Crippen LogP contribution in [0.2, 0.25) is 0 Å². The monoisotopic (exact) mass is 392 g/mol. The normalized spacial score (nSPS) is 10.4. The van der Waals surface area contributed by atoms with Gasteiger partial charge in [0.15, 0.2) is 6.61 Å². The Bertz CT molecular complexity index is 1070. The maximum absolute atomic E-state index is 12.5. The zero-order valence-electron chi connectivity index (χ0n) is 16.0. The molecule has 7 nitrogen and oxygen atoms in total. The number of aromatic nitrogens is 1. The summed E-state index contributed by atoms with van der Waals surface area (Å²) in [6.07, 6.45) is 0. The molecule has 29 heavy (non-hydrogen) atoms. The number of esters is 1. The lowest BCUT2D eigenvalue weighted by atomic mass is 10.1. The Morgan fingerprint density at radius 1 is 0.966 bits per heavy atom. The van der Waals surface area contributed by atoms with Gasteiger partial charge in [-0.25, -0.2) is 4.79 Å². The number of phenolic OH excluding ortho intramolecular Hbond substituents is 1. The highest BCUT2D eigenvalue weighted by Gasteiger charge is 2.20. The Balaban J connectivity index is 1.70. The van der Waals surface area contributed by atoms with Gasteiger partial charge in [0, 0.05) is 22.5 Å². The van der Waals surface area contributed by atoms with Crippen LogP contribution in [0.25, 0.3) is 0 Å². The zero-order valence-corrected chi connectivity index (χ0v) is 16.0. The van der Waals surface area contributed by atoms with Crippen molar-refractivity contribution in [2.75, 3.05) is 12.0 Å². The van der Waals surface area contributed by atoms with Gasteiger partial charge in [-0.2, -0.15) is 0 Å². The van der Waals surface area contributed by atoms with Crippen molar-refractivity contribution in [3.8, 4) is 5.75 Å². The second-order valence-corrected chi connectivity index (χ2v) is 6.44. The van der Waals surface area contributed by atoms with Crippen molar-refractivity contribution < 1.29 is 24.2 Å². The fourth-order valence-electron chi connectivity index (χ4n) is 2.91. The molecule has 1 heterocycles. The number of ether oxygens (including phenoxy) is 1. The van der Waals surface area contributed by atoms with E-state index in [4.69, 9.17) is 4.74 Å². The number of nitrogens with one attached hydrogen (secondary N) is 1. The molecule has 1 aromatic heterocycles. The second-order valence-electron chi connectivity index (χ2n) is 6.44. The van der Waals surface area contributed by atoms with Crippen molar-refractivity contribution in [1.29, 1.82) is 0 Å². The number of Topliss-reactive ketones (excluding diaryl/α,β-unsaturated/α-hetero) is 1. The lowest BCUT2D eigenvalue weighted by Crippen LogP contribution is -2.25. The molecule has 1 amide bonds. The lowest BCUT2D eigenvalue weighted by Gasteiger charge is -2.11. The molecule has 0 saturated carbocycles. The summed E-state index contributed by atoms with van der Waals surface area (Å²) in [5.41, 5.74) is 4.74. The molecule has 0 saturated heterocycles. The molecule has 0 fully saturated rings. The van der Waals surface area contributed by atoms with E-state index in [9.17, 15) is 19.5 Å². The standard InChI is InChI=1S/C22H20N2O5/c1-14-12-18(15(2)24(14)23-21(27)16-8-4-3-5-9-16)20(26)13-29-22(28)17-10-6-7-11-19(17)25/h3-12,25H,13H2,1-2H3,(H,23,27). The van der Waals surface area contributed by atoms with Gasteiger partial charge >= 0.3 is 5.97 Å². The molecule has 7 heteroatoms. The predicted octanol–water partition coefficient (Wildman–Crippen LogP) is 3.23. The third-order valence-electron chi connectivity index (χ3n) is 4.44. The first-order valence-electron chi connectivity index (χ1n) is 8.92. The van der Waals surface area contributed by atoms with E-state index >= 15 is 0 Å².